The Morgan fingerprint density at radius 2 is 1.65 bits per heavy atom. The first-order valence-corrected chi connectivity index (χ1v) is 8.37. The van der Waals surface area contributed by atoms with E-state index in [0.717, 1.165) is 11.1 Å². The molecule has 6 nitrogen and oxygen atoms in total. The number of aromatic amines is 1. The highest BCUT2D eigenvalue weighted by Gasteiger charge is 2.15. The van der Waals surface area contributed by atoms with Crippen LogP contribution in [0.2, 0.25) is 0 Å². The second-order valence-corrected chi connectivity index (χ2v) is 6.93. The van der Waals surface area contributed by atoms with Crippen molar-refractivity contribution >= 4 is 26.6 Å². The number of benzene rings is 2. The SMILES string of the molecule is Cc1ccc(S(=O)(=O)N=Nc2c(O)[nH]c3ccc(C)cc23)cc1. The third-order valence-electron chi connectivity index (χ3n) is 3.47. The number of aromatic nitrogens is 1. The second-order valence-electron chi connectivity index (χ2n) is 5.34. The summed E-state index contributed by atoms with van der Waals surface area (Å²) in [4.78, 5) is 2.80. The minimum absolute atomic E-state index is 0.0577. The van der Waals surface area contributed by atoms with Crippen LogP contribution >= 0.6 is 0 Å². The summed E-state index contributed by atoms with van der Waals surface area (Å²) in [6.45, 7) is 3.76. The molecule has 0 amide bonds. The van der Waals surface area contributed by atoms with E-state index in [4.69, 9.17) is 0 Å². The molecule has 0 aliphatic rings. The summed E-state index contributed by atoms with van der Waals surface area (Å²) in [5, 5.41) is 14.3. The van der Waals surface area contributed by atoms with Crippen molar-refractivity contribution in [1.29, 1.82) is 0 Å². The zero-order chi connectivity index (χ0) is 16.6. The Bertz CT molecular complexity index is 1000. The van der Waals surface area contributed by atoms with Crippen LogP contribution in [-0.4, -0.2) is 18.5 Å². The van der Waals surface area contributed by atoms with Crippen LogP contribution in [0.4, 0.5) is 5.69 Å². The maximum absolute atomic E-state index is 12.2. The predicted molar refractivity (Wildman–Crippen MR) is 87.6 cm³/mol. The molecule has 0 saturated carbocycles. The molecule has 2 N–H and O–H groups in total. The van der Waals surface area contributed by atoms with Crippen LogP contribution in [0.5, 0.6) is 5.88 Å². The Balaban J connectivity index is 2.04. The lowest BCUT2D eigenvalue weighted by molar-refractivity contribution is 0.459. The number of H-pyrrole nitrogens is 1. The molecular weight excluding hydrogens is 314 g/mol. The Labute approximate surface area is 133 Å². The van der Waals surface area contributed by atoms with Crippen molar-refractivity contribution in [2.75, 3.05) is 0 Å². The Hall–Kier alpha value is -2.67. The molecule has 0 aliphatic carbocycles. The highest BCUT2D eigenvalue weighted by molar-refractivity contribution is 7.90. The minimum atomic E-state index is -3.92. The molecule has 0 saturated heterocycles. The second kappa shape index (κ2) is 5.51. The molecule has 0 spiro atoms. The molecule has 0 unspecified atom stereocenters. The van der Waals surface area contributed by atoms with Crippen LogP contribution in [0.15, 0.2) is 57.0 Å². The summed E-state index contributed by atoms with van der Waals surface area (Å²) >= 11 is 0. The molecule has 2 aromatic carbocycles. The van der Waals surface area contributed by atoms with Gasteiger partial charge in [0, 0.05) is 5.39 Å². The topological polar surface area (TPSA) is 94.9 Å². The van der Waals surface area contributed by atoms with Crippen LogP contribution in [0.1, 0.15) is 11.1 Å². The maximum Gasteiger partial charge on any atom is 0.299 e. The fraction of sp³-hybridized carbons (Fsp3) is 0.125. The van der Waals surface area contributed by atoms with E-state index in [1.165, 1.54) is 12.1 Å². The molecule has 0 aliphatic heterocycles. The fourth-order valence-electron chi connectivity index (χ4n) is 2.23. The summed E-state index contributed by atoms with van der Waals surface area (Å²) in [5.41, 5.74) is 2.69. The maximum atomic E-state index is 12.2. The number of nitrogens with zero attached hydrogens (tertiary/aromatic N) is 2. The van der Waals surface area contributed by atoms with Crippen molar-refractivity contribution in [3.05, 3.63) is 53.6 Å². The number of nitrogens with one attached hydrogen (secondary N) is 1. The van der Waals surface area contributed by atoms with E-state index in [1.807, 2.05) is 19.9 Å². The van der Waals surface area contributed by atoms with Gasteiger partial charge < -0.3 is 10.1 Å². The Morgan fingerprint density at radius 1 is 1.00 bits per heavy atom. The largest absolute Gasteiger partial charge is 0.493 e. The highest BCUT2D eigenvalue weighted by atomic mass is 32.2. The number of fused-ring (bicyclic) bond motifs is 1. The number of rotatable bonds is 3. The number of aromatic hydroxyl groups is 1. The van der Waals surface area contributed by atoms with E-state index in [9.17, 15) is 13.5 Å². The first kappa shape index (κ1) is 15.2. The number of hydrogen-bond donors (Lipinski definition) is 2. The first-order chi connectivity index (χ1) is 10.9. The summed E-state index contributed by atoms with van der Waals surface area (Å²) in [6.07, 6.45) is 0. The summed E-state index contributed by atoms with van der Waals surface area (Å²) in [5.74, 6) is -0.214. The lowest BCUT2D eigenvalue weighted by Gasteiger charge is -1.98. The standard InChI is InChI=1S/C16H15N3O3S/c1-10-3-6-12(7-4-10)23(21,22)19-18-15-13-9-11(2)5-8-14(13)17-16(15)20/h3-9,17,20H,1-2H3. The average molecular weight is 329 g/mol. The number of hydrogen-bond acceptors (Lipinski definition) is 4. The smallest absolute Gasteiger partial charge is 0.299 e. The van der Waals surface area contributed by atoms with Gasteiger partial charge in [-0.3, -0.25) is 0 Å². The van der Waals surface area contributed by atoms with Gasteiger partial charge in [0.05, 0.1) is 10.4 Å². The molecule has 0 bridgehead atoms. The van der Waals surface area contributed by atoms with E-state index in [2.05, 4.69) is 14.6 Å². The van der Waals surface area contributed by atoms with E-state index >= 15 is 0 Å². The zero-order valence-corrected chi connectivity index (χ0v) is 13.4. The summed E-state index contributed by atoms with van der Waals surface area (Å²) in [6, 6.07) is 11.8. The normalized spacial score (nSPS) is 12.3. The van der Waals surface area contributed by atoms with Gasteiger partial charge in [0.15, 0.2) is 5.69 Å². The molecular formula is C16H15N3O3S. The minimum Gasteiger partial charge on any atom is -0.493 e. The van der Waals surface area contributed by atoms with Gasteiger partial charge in [0.1, 0.15) is 0 Å². The zero-order valence-electron chi connectivity index (χ0n) is 12.6. The Kier molecular flexibility index (Phi) is 3.65. The number of sulfonamides is 1. The van der Waals surface area contributed by atoms with Gasteiger partial charge in [0.2, 0.25) is 5.88 Å². The third kappa shape index (κ3) is 2.95. The molecule has 0 atom stereocenters. The van der Waals surface area contributed by atoms with Gasteiger partial charge in [-0.15, -0.1) is 5.11 Å². The lowest BCUT2D eigenvalue weighted by Crippen LogP contribution is -1.95. The highest BCUT2D eigenvalue weighted by Crippen LogP contribution is 2.36. The van der Waals surface area contributed by atoms with Crippen molar-refractivity contribution in [1.82, 2.24) is 4.98 Å². The number of aryl methyl sites for hydroxylation is 2. The molecule has 118 valence electrons. The van der Waals surface area contributed by atoms with Crippen molar-refractivity contribution < 1.29 is 13.5 Å². The summed E-state index contributed by atoms with van der Waals surface area (Å²) < 4.78 is 27.9. The molecule has 7 heteroatoms. The van der Waals surface area contributed by atoms with E-state index in [0.29, 0.717) is 10.9 Å². The first-order valence-electron chi connectivity index (χ1n) is 6.93. The van der Waals surface area contributed by atoms with Crippen LogP contribution in [0.3, 0.4) is 0 Å². The molecule has 0 fully saturated rings. The van der Waals surface area contributed by atoms with Gasteiger partial charge in [-0.05, 0) is 38.1 Å². The van der Waals surface area contributed by atoms with Crippen LogP contribution in [-0.2, 0) is 10.0 Å². The van der Waals surface area contributed by atoms with Crippen LogP contribution in [0, 0.1) is 13.8 Å². The van der Waals surface area contributed by atoms with E-state index in [-0.39, 0.29) is 16.5 Å². The fourth-order valence-corrected chi connectivity index (χ4v) is 2.99. The van der Waals surface area contributed by atoms with Crippen molar-refractivity contribution in [3.63, 3.8) is 0 Å². The Morgan fingerprint density at radius 3 is 2.35 bits per heavy atom. The van der Waals surface area contributed by atoms with E-state index in [1.54, 1.807) is 24.3 Å². The van der Waals surface area contributed by atoms with Gasteiger partial charge in [-0.2, -0.15) is 8.42 Å². The quantitative estimate of drug-likeness (QED) is 0.712. The van der Waals surface area contributed by atoms with Gasteiger partial charge in [0.25, 0.3) is 10.0 Å². The van der Waals surface area contributed by atoms with E-state index < -0.39 is 10.0 Å². The van der Waals surface area contributed by atoms with Crippen molar-refractivity contribution in [2.24, 2.45) is 9.63 Å². The third-order valence-corrected chi connectivity index (χ3v) is 4.64. The molecule has 0 radical (unpaired) electrons. The molecule has 1 heterocycles. The average Bonchev–Trinajstić information content (AvgIpc) is 2.80. The summed E-state index contributed by atoms with van der Waals surface area (Å²) in [7, 11) is -3.92. The van der Waals surface area contributed by atoms with Gasteiger partial charge in [-0.1, -0.05) is 33.8 Å². The molecule has 3 aromatic rings. The lowest BCUT2D eigenvalue weighted by atomic mass is 10.2. The molecule has 1 aromatic heterocycles. The van der Waals surface area contributed by atoms with Crippen molar-refractivity contribution in [2.45, 2.75) is 18.7 Å². The van der Waals surface area contributed by atoms with Crippen molar-refractivity contribution in [3.8, 4) is 5.88 Å². The van der Waals surface area contributed by atoms with Crippen LogP contribution < -0.4 is 0 Å². The monoisotopic (exact) mass is 329 g/mol. The van der Waals surface area contributed by atoms with Gasteiger partial charge >= 0.3 is 0 Å². The molecule has 3 rings (SSSR count). The van der Waals surface area contributed by atoms with Crippen LogP contribution in [0.25, 0.3) is 10.9 Å². The van der Waals surface area contributed by atoms with Gasteiger partial charge in [-0.25, -0.2) is 0 Å². The molecule has 23 heavy (non-hydrogen) atoms. The predicted octanol–water partition coefficient (Wildman–Crippen LogP) is 3.96.